The Balaban J connectivity index is 3.28. The monoisotopic (exact) mass is 267 g/mol. The summed E-state index contributed by atoms with van der Waals surface area (Å²) in [7, 11) is 0. The Labute approximate surface area is 88.2 Å². The molecule has 0 aliphatic heterocycles. The molecule has 0 bridgehead atoms. The number of benzene rings is 1. The van der Waals surface area contributed by atoms with Crippen LogP contribution in [0.5, 0.6) is 0 Å². The van der Waals surface area contributed by atoms with Gasteiger partial charge in [0.1, 0.15) is 0 Å². The van der Waals surface area contributed by atoms with Crippen molar-refractivity contribution < 1.29 is 13.2 Å². The molecule has 1 aromatic rings. The highest BCUT2D eigenvalue weighted by atomic mass is 79.9. The van der Waals surface area contributed by atoms with Gasteiger partial charge in [0.05, 0.1) is 5.56 Å². The summed E-state index contributed by atoms with van der Waals surface area (Å²) in [5.74, 6) is 0. The first-order chi connectivity index (χ1) is 6.36. The third-order valence-electron chi connectivity index (χ3n) is 1.95. The second-order valence-corrected chi connectivity index (χ2v) is 3.81. The Morgan fingerprint density at radius 1 is 1.36 bits per heavy atom. The molecule has 0 unspecified atom stereocenters. The summed E-state index contributed by atoms with van der Waals surface area (Å²) in [5.41, 5.74) is 6.00. The molecule has 0 saturated heterocycles. The van der Waals surface area contributed by atoms with Crippen LogP contribution in [0.4, 0.5) is 13.2 Å². The van der Waals surface area contributed by atoms with E-state index in [2.05, 4.69) is 15.9 Å². The average molecular weight is 268 g/mol. The third kappa shape index (κ3) is 2.27. The van der Waals surface area contributed by atoms with Crippen molar-refractivity contribution in [1.82, 2.24) is 0 Å². The molecule has 1 rings (SSSR count). The maximum Gasteiger partial charge on any atom is 0.416 e. The third-order valence-corrected chi connectivity index (χ3v) is 2.66. The van der Waals surface area contributed by atoms with Crippen LogP contribution >= 0.6 is 15.9 Å². The van der Waals surface area contributed by atoms with Gasteiger partial charge >= 0.3 is 6.18 Å². The van der Waals surface area contributed by atoms with Gasteiger partial charge in [-0.2, -0.15) is 13.2 Å². The summed E-state index contributed by atoms with van der Waals surface area (Å²) >= 11 is 3.07. The Bertz CT molecular complexity index is 323. The maximum atomic E-state index is 12.3. The molecule has 0 aliphatic rings. The highest BCUT2D eigenvalue weighted by Crippen LogP contribution is 2.33. The summed E-state index contributed by atoms with van der Waals surface area (Å²) in [4.78, 5) is 0. The predicted octanol–water partition coefficient (Wildman–Crippen LogP) is 3.24. The summed E-state index contributed by atoms with van der Waals surface area (Å²) in [6.45, 7) is 1.84. The fraction of sp³-hybridized carbons (Fsp3) is 0.333. The molecule has 0 heterocycles. The Morgan fingerprint density at radius 2 is 1.93 bits per heavy atom. The summed E-state index contributed by atoms with van der Waals surface area (Å²) in [6, 6.07) is 2.15. The lowest BCUT2D eigenvalue weighted by atomic mass is 10.1. The lowest BCUT2D eigenvalue weighted by molar-refractivity contribution is -0.137. The molecule has 0 aromatic heterocycles. The van der Waals surface area contributed by atoms with Gasteiger partial charge in [-0.1, -0.05) is 15.9 Å². The van der Waals surface area contributed by atoms with Crippen LogP contribution < -0.4 is 5.73 Å². The van der Waals surface area contributed by atoms with E-state index in [1.807, 2.05) is 0 Å². The molecule has 78 valence electrons. The molecule has 0 aliphatic carbocycles. The Kier molecular flexibility index (Phi) is 3.21. The molecule has 5 heteroatoms. The fourth-order valence-electron chi connectivity index (χ4n) is 1.20. The molecule has 0 spiro atoms. The summed E-state index contributed by atoms with van der Waals surface area (Å²) in [6.07, 6.45) is -4.31. The molecule has 2 N–H and O–H groups in total. The van der Waals surface area contributed by atoms with E-state index in [-0.39, 0.29) is 6.54 Å². The quantitative estimate of drug-likeness (QED) is 0.831. The first-order valence-corrected chi connectivity index (χ1v) is 4.72. The van der Waals surface area contributed by atoms with Gasteiger partial charge in [-0.05, 0) is 30.2 Å². The normalized spacial score (nSPS) is 11.9. The molecule has 0 atom stereocenters. The van der Waals surface area contributed by atoms with Crippen molar-refractivity contribution in [2.75, 3.05) is 0 Å². The number of hydrogen-bond donors (Lipinski definition) is 1. The molecule has 1 aromatic carbocycles. The van der Waals surface area contributed by atoms with Crippen molar-refractivity contribution in [1.29, 1.82) is 0 Å². The van der Waals surface area contributed by atoms with Gasteiger partial charge in [0.15, 0.2) is 0 Å². The van der Waals surface area contributed by atoms with E-state index >= 15 is 0 Å². The number of hydrogen-bond acceptors (Lipinski definition) is 1. The molecule has 0 fully saturated rings. The molecular formula is C9H9BrF3N. The van der Waals surface area contributed by atoms with Crippen LogP contribution in [0.2, 0.25) is 0 Å². The zero-order valence-electron chi connectivity index (χ0n) is 7.45. The second kappa shape index (κ2) is 3.90. The average Bonchev–Trinajstić information content (AvgIpc) is 2.01. The largest absolute Gasteiger partial charge is 0.416 e. The standard InChI is InChI=1S/C9H9BrF3N/c1-5-2-6(9(11,12)13)3-8(10)7(5)4-14/h2-3H,4,14H2,1H3. The van der Waals surface area contributed by atoms with Crippen molar-refractivity contribution >= 4 is 15.9 Å². The topological polar surface area (TPSA) is 26.0 Å². The SMILES string of the molecule is Cc1cc(C(F)(F)F)cc(Br)c1CN. The van der Waals surface area contributed by atoms with E-state index in [1.165, 1.54) is 0 Å². The molecule has 0 saturated carbocycles. The van der Waals surface area contributed by atoms with E-state index in [9.17, 15) is 13.2 Å². The van der Waals surface area contributed by atoms with E-state index in [0.717, 1.165) is 12.1 Å². The van der Waals surface area contributed by atoms with Crippen molar-refractivity contribution in [2.45, 2.75) is 19.6 Å². The Hall–Kier alpha value is -0.550. The zero-order valence-corrected chi connectivity index (χ0v) is 9.04. The van der Waals surface area contributed by atoms with Crippen LogP contribution in [-0.2, 0) is 12.7 Å². The van der Waals surface area contributed by atoms with Gasteiger partial charge in [-0.25, -0.2) is 0 Å². The molecule has 0 radical (unpaired) electrons. The van der Waals surface area contributed by atoms with Gasteiger partial charge in [0, 0.05) is 11.0 Å². The Morgan fingerprint density at radius 3 is 2.29 bits per heavy atom. The van der Waals surface area contributed by atoms with Gasteiger partial charge in [0.25, 0.3) is 0 Å². The van der Waals surface area contributed by atoms with Crippen molar-refractivity contribution in [3.63, 3.8) is 0 Å². The van der Waals surface area contributed by atoms with Crippen LogP contribution in [0.25, 0.3) is 0 Å². The molecular weight excluding hydrogens is 259 g/mol. The minimum absolute atomic E-state index is 0.227. The number of alkyl halides is 3. The van der Waals surface area contributed by atoms with Gasteiger partial charge in [-0.15, -0.1) is 0 Å². The van der Waals surface area contributed by atoms with Crippen LogP contribution in [0.15, 0.2) is 16.6 Å². The van der Waals surface area contributed by atoms with Crippen LogP contribution in [-0.4, -0.2) is 0 Å². The van der Waals surface area contributed by atoms with Crippen molar-refractivity contribution in [3.8, 4) is 0 Å². The first-order valence-electron chi connectivity index (χ1n) is 3.92. The minimum Gasteiger partial charge on any atom is -0.326 e. The van der Waals surface area contributed by atoms with Crippen LogP contribution in [0, 0.1) is 6.92 Å². The fourth-order valence-corrected chi connectivity index (χ4v) is 1.92. The van der Waals surface area contributed by atoms with Gasteiger partial charge in [-0.3, -0.25) is 0 Å². The van der Waals surface area contributed by atoms with E-state index < -0.39 is 11.7 Å². The smallest absolute Gasteiger partial charge is 0.326 e. The highest BCUT2D eigenvalue weighted by molar-refractivity contribution is 9.10. The van der Waals surface area contributed by atoms with Crippen LogP contribution in [0.3, 0.4) is 0 Å². The van der Waals surface area contributed by atoms with E-state index in [4.69, 9.17) is 5.73 Å². The lowest BCUT2D eigenvalue weighted by Crippen LogP contribution is -2.08. The van der Waals surface area contributed by atoms with Crippen LogP contribution in [0.1, 0.15) is 16.7 Å². The maximum absolute atomic E-state index is 12.3. The highest BCUT2D eigenvalue weighted by Gasteiger charge is 2.31. The lowest BCUT2D eigenvalue weighted by Gasteiger charge is -2.12. The van der Waals surface area contributed by atoms with Crippen molar-refractivity contribution in [2.24, 2.45) is 5.73 Å². The predicted molar refractivity (Wildman–Crippen MR) is 51.8 cm³/mol. The first kappa shape index (κ1) is 11.5. The second-order valence-electron chi connectivity index (χ2n) is 2.96. The molecule has 0 amide bonds. The van der Waals surface area contributed by atoms with Gasteiger partial charge in [0.2, 0.25) is 0 Å². The minimum atomic E-state index is -4.31. The number of rotatable bonds is 1. The zero-order chi connectivity index (χ0) is 10.9. The number of nitrogens with two attached hydrogens (primary N) is 1. The molecule has 14 heavy (non-hydrogen) atoms. The number of halogens is 4. The summed E-state index contributed by atoms with van der Waals surface area (Å²) < 4.78 is 37.4. The molecule has 1 nitrogen and oxygen atoms in total. The summed E-state index contributed by atoms with van der Waals surface area (Å²) in [5, 5.41) is 0. The van der Waals surface area contributed by atoms with E-state index in [1.54, 1.807) is 6.92 Å². The van der Waals surface area contributed by atoms with Crippen molar-refractivity contribution in [3.05, 3.63) is 33.3 Å². The van der Waals surface area contributed by atoms with Gasteiger partial charge < -0.3 is 5.73 Å². The number of aryl methyl sites for hydroxylation is 1. The van der Waals surface area contributed by atoms with E-state index in [0.29, 0.717) is 15.6 Å².